The monoisotopic (exact) mass is 310 g/mol. The number of nitrogens with one attached hydrogen (secondary N) is 1. The summed E-state index contributed by atoms with van der Waals surface area (Å²) in [6, 6.07) is 8.80. The molecule has 3 N–H and O–H groups in total. The molecule has 1 aromatic carbocycles. The maximum atomic E-state index is 5.92. The summed E-state index contributed by atoms with van der Waals surface area (Å²) in [5, 5.41) is 0. The van der Waals surface area contributed by atoms with Crippen LogP contribution in [0.5, 0.6) is 0 Å². The quantitative estimate of drug-likeness (QED) is 0.663. The van der Waals surface area contributed by atoms with Crippen LogP contribution in [0.4, 0.5) is 0 Å². The highest BCUT2D eigenvalue weighted by atomic mass is 79.9. The fourth-order valence-electron chi connectivity index (χ4n) is 3.31. The first-order valence-electron chi connectivity index (χ1n) is 6.62. The van der Waals surface area contributed by atoms with Crippen LogP contribution in [-0.2, 0) is 11.2 Å². The van der Waals surface area contributed by atoms with Crippen molar-refractivity contribution in [3.63, 3.8) is 0 Å². The Morgan fingerprint density at radius 3 is 2.67 bits per heavy atom. The highest BCUT2D eigenvalue weighted by molar-refractivity contribution is 9.10. The molecule has 3 rings (SSSR count). The van der Waals surface area contributed by atoms with Crippen LogP contribution in [0.3, 0.4) is 0 Å². The molecule has 0 aromatic heterocycles. The van der Waals surface area contributed by atoms with E-state index in [2.05, 4.69) is 45.6 Å². The van der Waals surface area contributed by atoms with Crippen LogP contribution >= 0.6 is 15.9 Å². The molecule has 0 saturated carbocycles. The summed E-state index contributed by atoms with van der Waals surface area (Å²) in [5.74, 6) is 6.31. The SMILES string of the molecule is NNC(Cc1ccc(Br)cc1)C1CC2CCC1O2. The van der Waals surface area contributed by atoms with E-state index in [9.17, 15) is 0 Å². The fraction of sp³-hybridized carbons (Fsp3) is 0.571. The largest absolute Gasteiger partial charge is 0.375 e. The first-order chi connectivity index (χ1) is 8.76. The van der Waals surface area contributed by atoms with Crippen molar-refractivity contribution in [3.05, 3.63) is 34.3 Å². The van der Waals surface area contributed by atoms with E-state index in [0.29, 0.717) is 24.2 Å². The van der Waals surface area contributed by atoms with Crippen LogP contribution in [0.25, 0.3) is 0 Å². The standard InChI is InChI=1S/C14H19BrN2O/c15-10-3-1-9(2-4-10)7-13(17-16)12-8-11-5-6-14(12)18-11/h1-4,11-14,17H,5-8,16H2. The summed E-state index contributed by atoms with van der Waals surface area (Å²) in [5.41, 5.74) is 4.32. The summed E-state index contributed by atoms with van der Waals surface area (Å²) < 4.78 is 7.04. The first kappa shape index (κ1) is 12.6. The Hall–Kier alpha value is -0.420. The molecule has 0 aliphatic carbocycles. The van der Waals surface area contributed by atoms with Crippen LogP contribution in [0, 0.1) is 5.92 Å². The van der Waals surface area contributed by atoms with E-state index >= 15 is 0 Å². The van der Waals surface area contributed by atoms with Crippen LogP contribution < -0.4 is 11.3 Å². The van der Waals surface area contributed by atoms with E-state index in [-0.39, 0.29) is 0 Å². The fourth-order valence-corrected chi connectivity index (χ4v) is 3.57. The minimum absolute atomic E-state index is 0.321. The number of hydrogen-bond donors (Lipinski definition) is 2. The number of hydrogen-bond acceptors (Lipinski definition) is 3. The normalized spacial score (nSPS) is 31.8. The Morgan fingerprint density at radius 1 is 1.33 bits per heavy atom. The first-order valence-corrected chi connectivity index (χ1v) is 7.41. The molecule has 2 aliphatic heterocycles. The van der Waals surface area contributed by atoms with Crippen molar-refractivity contribution in [2.75, 3.05) is 0 Å². The second-order valence-electron chi connectivity index (χ2n) is 5.38. The molecule has 4 unspecified atom stereocenters. The molecule has 0 amide bonds. The van der Waals surface area contributed by atoms with E-state index in [1.54, 1.807) is 0 Å². The number of ether oxygens (including phenoxy) is 1. The zero-order chi connectivity index (χ0) is 12.5. The Labute approximate surface area is 116 Å². The molecule has 98 valence electrons. The molecule has 2 heterocycles. The lowest BCUT2D eigenvalue weighted by molar-refractivity contribution is 0.0857. The highest BCUT2D eigenvalue weighted by Crippen LogP contribution is 2.40. The van der Waals surface area contributed by atoms with Gasteiger partial charge in [-0.2, -0.15) is 0 Å². The molecule has 0 radical (unpaired) electrons. The topological polar surface area (TPSA) is 47.3 Å². The van der Waals surface area contributed by atoms with E-state index in [1.165, 1.54) is 18.4 Å². The van der Waals surface area contributed by atoms with Gasteiger partial charge in [-0.05, 0) is 43.4 Å². The van der Waals surface area contributed by atoms with Gasteiger partial charge in [0.25, 0.3) is 0 Å². The van der Waals surface area contributed by atoms with E-state index in [4.69, 9.17) is 10.6 Å². The van der Waals surface area contributed by atoms with Crippen molar-refractivity contribution < 1.29 is 4.74 Å². The van der Waals surface area contributed by atoms with E-state index in [0.717, 1.165) is 17.3 Å². The number of halogens is 1. The molecular formula is C14H19BrN2O. The van der Waals surface area contributed by atoms with Crippen molar-refractivity contribution in [2.45, 2.75) is 43.9 Å². The molecular weight excluding hydrogens is 292 g/mol. The Bertz CT molecular complexity index is 409. The Morgan fingerprint density at radius 2 is 2.11 bits per heavy atom. The molecule has 18 heavy (non-hydrogen) atoms. The lowest BCUT2D eigenvalue weighted by Crippen LogP contribution is -2.45. The van der Waals surface area contributed by atoms with Crippen LogP contribution in [0.1, 0.15) is 24.8 Å². The van der Waals surface area contributed by atoms with E-state index < -0.39 is 0 Å². The van der Waals surface area contributed by atoms with Gasteiger partial charge in [0.2, 0.25) is 0 Å². The lowest BCUT2D eigenvalue weighted by atomic mass is 9.82. The van der Waals surface area contributed by atoms with Crippen LogP contribution in [0.2, 0.25) is 0 Å². The molecule has 2 bridgehead atoms. The minimum atomic E-state index is 0.321. The molecule has 0 spiro atoms. The van der Waals surface area contributed by atoms with Crippen molar-refractivity contribution in [1.29, 1.82) is 0 Å². The van der Waals surface area contributed by atoms with Gasteiger partial charge in [0.05, 0.1) is 12.2 Å². The van der Waals surface area contributed by atoms with Gasteiger partial charge in [0, 0.05) is 16.4 Å². The number of rotatable bonds is 4. The third-order valence-electron chi connectivity index (χ3n) is 4.25. The minimum Gasteiger partial charge on any atom is -0.375 e. The maximum absolute atomic E-state index is 5.92. The smallest absolute Gasteiger partial charge is 0.0624 e. The predicted octanol–water partition coefficient (Wildman–Crippen LogP) is 2.39. The van der Waals surface area contributed by atoms with Gasteiger partial charge in [0.1, 0.15) is 0 Å². The molecule has 2 saturated heterocycles. The maximum Gasteiger partial charge on any atom is 0.0624 e. The van der Waals surface area contributed by atoms with Crippen molar-refractivity contribution in [3.8, 4) is 0 Å². The zero-order valence-corrected chi connectivity index (χ0v) is 11.9. The summed E-state index contributed by atoms with van der Waals surface area (Å²) in [7, 11) is 0. The van der Waals surface area contributed by atoms with E-state index in [1.807, 2.05) is 0 Å². The predicted molar refractivity (Wildman–Crippen MR) is 75.0 cm³/mol. The number of hydrazine groups is 1. The Kier molecular flexibility index (Phi) is 3.71. The van der Waals surface area contributed by atoms with Gasteiger partial charge in [-0.1, -0.05) is 28.1 Å². The van der Waals surface area contributed by atoms with Crippen LogP contribution in [0.15, 0.2) is 28.7 Å². The Balaban J connectivity index is 1.67. The highest BCUT2D eigenvalue weighted by Gasteiger charge is 2.43. The molecule has 2 aliphatic rings. The van der Waals surface area contributed by atoms with Crippen molar-refractivity contribution in [1.82, 2.24) is 5.43 Å². The van der Waals surface area contributed by atoms with Gasteiger partial charge in [-0.25, -0.2) is 0 Å². The molecule has 3 nitrogen and oxygen atoms in total. The zero-order valence-electron chi connectivity index (χ0n) is 10.3. The third kappa shape index (κ3) is 2.48. The number of fused-ring (bicyclic) bond motifs is 2. The molecule has 4 heteroatoms. The number of nitrogens with two attached hydrogens (primary N) is 1. The van der Waals surface area contributed by atoms with Crippen LogP contribution in [-0.4, -0.2) is 18.2 Å². The van der Waals surface area contributed by atoms with Gasteiger partial charge in [-0.15, -0.1) is 0 Å². The van der Waals surface area contributed by atoms with Crippen molar-refractivity contribution in [2.24, 2.45) is 11.8 Å². The average Bonchev–Trinajstić information content (AvgIpc) is 3.00. The average molecular weight is 311 g/mol. The molecule has 1 aromatic rings. The number of benzene rings is 1. The lowest BCUT2D eigenvalue weighted by Gasteiger charge is -2.28. The second kappa shape index (κ2) is 5.29. The van der Waals surface area contributed by atoms with Gasteiger partial charge in [0.15, 0.2) is 0 Å². The molecule has 2 fully saturated rings. The summed E-state index contributed by atoms with van der Waals surface area (Å²) in [6.07, 6.45) is 5.48. The van der Waals surface area contributed by atoms with Gasteiger partial charge < -0.3 is 4.74 Å². The third-order valence-corrected chi connectivity index (χ3v) is 4.78. The summed E-state index contributed by atoms with van der Waals surface area (Å²) >= 11 is 3.46. The summed E-state index contributed by atoms with van der Waals surface area (Å²) in [6.45, 7) is 0. The summed E-state index contributed by atoms with van der Waals surface area (Å²) in [4.78, 5) is 0. The van der Waals surface area contributed by atoms with Crippen molar-refractivity contribution >= 4 is 15.9 Å². The van der Waals surface area contributed by atoms with Gasteiger partial charge in [-0.3, -0.25) is 11.3 Å². The second-order valence-corrected chi connectivity index (χ2v) is 6.29. The molecule has 4 atom stereocenters. The van der Waals surface area contributed by atoms with Gasteiger partial charge >= 0.3 is 0 Å².